The number of aryl methyl sites for hydroxylation is 1. The fraction of sp³-hybridized carbons (Fsp3) is 0.154. The van der Waals surface area contributed by atoms with Crippen LogP contribution in [0.3, 0.4) is 0 Å². The molecule has 106 valence electrons. The van der Waals surface area contributed by atoms with Crippen LogP contribution < -0.4 is 5.32 Å². The number of halogens is 4. The standard InChI is InChI=1S/C13H10Br2Cl2N2O/c1-6-2-10(16)19-13(17)11(6)18-5-7-3-8(14)12(20)9(15)4-7/h2-4,18,20H,5H2,1H3. The van der Waals surface area contributed by atoms with E-state index < -0.39 is 0 Å². The lowest BCUT2D eigenvalue weighted by Crippen LogP contribution is -2.03. The molecule has 1 heterocycles. The van der Waals surface area contributed by atoms with Gasteiger partial charge in [0.25, 0.3) is 0 Å². The molecule has 20 heavy (non-hydrogen) atoms. The Balaban J connectivity index is 2.21. The van der Waals surface area contributed by atoms with E-state index in [0.717, 1.165) is 16.8 Å². The molecule has 3 nitrogen and oxygen atoms in total. The molecule has 0 spiro atoms. The summed E-state index contributed by atoms with van der Waals surface area (Å²) in [4.78, 5) is 4.01. The normalized spacial score (nSPS) is 10.7. The van der Waals surface area contributed by atoms with Crippen LogP contribution in [0.25, 0.3) is 0 Å². The van der Waals surface area contributed by atoms with Crippen LogP contribution in [0, 0.1) is 6.92 Å². The average Bonchev–Trinajstić information content (AvgIpc) is 2.34. The van der Waals surface area contributed by atoms with Crippen molar-refractivity contribution in [3.63, 3.8) is 0 Å². The number of nitrogens with one attached hydrogen (secondary N) is 1. The zero-order chi connectivity index (χ0) is 14.9. The molecule has 0 unspecified atom stereocenters. The molecular formula is C13H10Br2Cl2N2O. The number of rotatable bonds is 3. The summed E-state index contributed by atoms with van der Waals surface area (Å²) in [6.07, 6.45) is 0. The van der Waals surface area contributed by atoms with Gasteiger partial charge < -0.3 is 10.4 Å². The second kappa shape index (κ2) is 6.52. The highest BCUT2D eigenvalue weighted by Crippen LogP contribution is 2.34. The van der Waals surface area contributed by atoms with Crippen LogP contribution in [-0.2, 0) is 6.54 Å². The molecule has 2 aromatic rings. The number of aromatic hydroxyl groups is 1. The van der Waals surface area contributed by atoms with Crippen LogP contribution >= 0.6 is 55.1 Å². The number of phenols is 1. The summed E-state index contributed by atoms with van der Waals surface area (Å²) in [5, 5.41) is 13.6. The lowest BCUT2D eigenvalue weighted by Gasteiger charge is -2.12. The zero-order valence-corrected chi connectivity index (χ0v) is 15.0. The molecule has 1 aromatic carbocycles. The minimum atomic E-state index is 0.177. The van der Waals surface area contributed by atoms with Crippen LogP contribution in [0.1, 0.15) is 11.1 Å². The van der Waals surface area contributed by atoms with E-state index >= 15 is 0 Å². The van der Waals surface area contributed by atoms with Crippen LogP contribution in [0.5, 0.6) is 5.75 Å². The topological polar surface area (TPSA) is 45.2 Å². The summed E-state index contributed by atoms with van der Waals surface area (Å²) in [6, 6.07) is 5.41. The number of anilines is 1. The first-order chi connectivity index (χ1) is 9.38. The Labute approximate surface area is 143 Å². The SMILES string of the molecule is Cc1cc(Cl)nc(Cl)c1NCc1cc(Br)c(O)c(Br)c1. The van der Waals surface area contributed by atoms with Crippen molar-refractivity contribution in [1.29, 1.82) is 0 Å². The number of nitrogens with zero attached hydrogens (tertiary/aromatic N) is 1. The maximum Gasteiger partial charge on any atom is 0.154 e. The smallest absolute Gasteiger partial charge is 0.154 e. The molecule has 0 bridgehead atoms. The second-order valence-corrected chi connectivity index (χ2v) is 6.64. The van der Waals surface area contributed by atoms with Gasteiger partial charge in [-0.3, -0.25) is 0 Å². The number of hydrogen-bond donors (Lipinski definition) is 2. The van der Waals surface area contributed by atoms with Crippen LogP contribution in [0.15, 0.2) is 27.1 Å². The third-order valence-corrected chi connectivity index (χ3v) is 4.36. The van der Waals surface area contributed by atoms with Gasteiger partial charge in [-0.25, -0.2) is 4.98 Å². The number of phenolic OH excluding ortho intramolecular Hbond substituents is 1. The number of aromatic nitrogens is 1. The highest BCUT2D eigenvalue weighted by Gasteiger charge is 2.09. The van der Waals surface area contributed by atoms with E-state index in [1.807, 2.05) is 19.1 Å². The highest BCUT2D eigenvalue weighted by molar-refractivity contribution is 9.11. The first-order valence-electron chi connectivity index (χ1n) is 5.62. The lowest BCUT2D eigenvalue weighted by atomic mass is 10.2. The first kappa shape index (κ1) is 15.9. The fourth-order valence-corrected chi connectivity index (χ4v) is 3.60. The minimum Gasteiger partial charge on any atom is -0.506 e. The maximum absolute atomic E-state index is 9.67. The molecule has 0 saturated heterocycles. The Hall–Kier alpha value is -0.490. The summed E-state index contributed by atoms with van der Waals surface area (Å²) in [6.45, 7) is 2.45. The summed E-state index contributed by atoms with van der Waals surface area (Å²) in [5.41, 5.74) is 2.65. The van der Waals surface area contributed by atoms with Gasteiger partial charge >= 0.3 is 0 Å². The van der Waals surface area contributed by atoms with Crippen molar-refractivity contribution in [1.82, 2.24) is 4.98 Å². The summed E-state index contributed by atoms with van der Waals surface area (Å²) in [7, 11) is 0. The van der Waals surface area contributed by atoms with Crippen molar-refractivity contribution >= 4 is 60.7 Å². The van der Waals surface area contributed by atoms with E-state index in [1.165, 1.54) is 0 Å². The number of hydrogen-bond acceptors (Lipinski definition) is 3. The predicted molar refractivity (Wildman–Crippen MR) is 89.8 cm³/mol. The third kappa shape index (κ3) is 3.58. The summed E-state index contributed by atoms with van der Waals surface area (Å²) in [5.74, 6) is 0.177. The Morgan fingerprint density at radius 3 is 2.35 bits per heavy atom. The molecule has 0 aliphatic heterocycles. The van der Waals surface area contributed by atoms with Gasteiger partial charge in [0.2, 0.25) is 0 Å². The largest absolute Gasteiger partial charge is 0.506 e. The van der Waals surface area contributed by atoms with E-state index in [1.54, 1.807) is 6.07 Å². The van der Waals surface area contributed by atoms with Gasteiger partial charge in [0, 0.05) is 6.54 Å². The lowest BCUT2D eigenvalue weighted by molar-refractivity contribution is 0.468. The Bertz CT molecular complexity index is 619. The predicted octanol–water partition coefficient (Wildman–Crippen LogP) is 5.54. The van der Waals surface area contributed by atoms with E-state index in [-0.39, 0.29) is 5.75 Å². The van der Waals surface area contributed by atoms with Gasteiger partial charge in [-0.15, -0.1) is 0 Å². The van der Waals surface area contributed by atoms with Crippen molar-refractivity contribution in [2.45, 2.75) is 13.5 Å². The van der Waals surface area contributed by atoms with Gasteiger partial charge in [0.1, 0.15) is 10.9 Å². The summed E-state index contributed by atoms with van der Waals surface area (Å²) < 4.78 is 1.25. The average molecular weight is 441 g/mol. The molecule has 1 aromatic heterocycles. The van der Waals surface area contributed by atoms with Gasteiger partial charge in [-0.05, 0) is 68.1 Å². The molecular weight excluding hydrogens is 431 g/mol. The molecule has 0 aliphatic carbocycles. The van der Waals surface area contributed by atoms with Crippen molar-refractivity contribution < 1.29 is 5.11 Å². The van der Waals surface area contributed by atoms with Crippen LogP contribution in [-0.4, -0.2) is 10.1 Å². The maximum atomic E-state index is 9.67. The Kier molecular flexibility index (Phi) is 5.18. The first-order valence-corrected chi connectivity index (χ1v) is 7.96. The van der Waals surface area contributed by atoms with Crippen molar-refractivity contribution in [2.24, 2.45) is 0 Å². The molecule has 0 aliphatic rings. The number of pyridine rings is 1. The molecule has 0 radical (unpaired) electrons. The van der Waals surface area contributed by atoms with Crippen molar-refractivity contribution in [3.8, 4) is 5.75 Å². The summed E-state index contributed by atoms with van der Waals surface area (Å²) >= 11 is 18.5. The molecule has 0 saturated carbocycles. The molecule has 0 atom stereocenters. The highest BCUT2D eigenvalue weighted by atomic mass is 79.9. The van der Waals surface area contributed by atoms with E-state index in [4.69, 9.17) is 23.2 Å². The Morgan fingerprint density at radius 2 is 1.80 bits per heavy atom. The number of benzene rings is 1. The Morgan fingerprint density at radius 1 is 1.20 bits per heavy atom. The molecule has 0 amide bonds. The van der Waals surface area contributed by atoms with E-state index in [2.05, 4.69) is 42.2 Å². The molecule has 2 N–H and O–H groups in total. The molecule has 2 rings (SSSR count). The second-order valence-electron chi connectivity index (χ2n) is 4.19. The van der Waals surface area contributed by atoms with Crippen molar-refractivity contribution in [2.75, 3.05) is 5.32 Å². The zero-order valence-electron chi connectivity index (χ0n) is 10.3. The minimum absolute atomic E-state index is 0.177. The fourth-order valence-electron chi connectivity index (χ4n) is 1.72. The quantitative estimate of drug-likeness (QED) is 0.616. The monoisotopic (exact) mass is 438 g/mol. The van der Waals surface area contributed by atoms with Crippen molar-refractivity contribution in [3.05, 3.63) is 48.6 Å². The van der Waals surface area contributed by atoms with Crippen LogP contribution in [0.2, 0.25) is 10.3 Å². The molecule has 0 fully saturated rings. The van der Waals surface area contributed by atoms with E-state index in [9.17, 15) is 5.11 Å². The van der Waals surface area contributed by atoms with Gasteiger partial charge in [0.15, 0.2) is 5.15 Å². The van der Waals surface area contributed by atoms with E-state index in [0.29, 0.717) is 25.8 Å². The van der Waals surface area contributed by atoms with Gasteiger partial charge in [0.05, 0.1) is 14.6 Å². The van der Waals surface area contributed by atoms with Gasteiger partial charge in [-0.1, -0.05) is 23.2 Å². The van der Waals surface area contributed by atoms with Gasteiger partial charge in [-0.2, -0.15) is 0 Å². The molecule has 7 heteroatoms. The third-order valence-electron chi connectivity index (χ3n) is 2.69. The van der Waals surface area contributed by atoms with Crippen LogP contribution in [0.4, 0.5) is 5.69 Å².